The summed E-state index contributed by atoms with van der Waals surface area (Å²) in [6.07, 6.45) is -2.20. The molecule has 1 heterocycles. The summed E-state index contributed by atoms with van der Waals surface area (Å²) >= 11 is 0. The van der Waals surface area contributed by atoms with Gasteiger partial charge in [0.05, 0.1) is 23.8 Å². The van der Waals surface area contributed by atoms with Crippen molar-refractivity contribution in [1.82, 2.24) is 5.32 Å². The fourth-order valence-electron chi connectivity index (χ4n) is 3.16. The van der Waals surface area contributed by atoms with E-state index in [1.807, 2.05) is 6.07 Å². The minimum absolute atomic E-state index is 0.00432. The Bertz CT molecular complexity index is 987. The molecule has 3 rings (SSSR count). The van der Waals surface area contributed by atoms with Crippen LogP contribution in [0.1, 0.15) is 31.2 Å². The molecule has 31 heavy (non-hydrogen) atoms. The molecule has 2 aromatic rings. The zero-order chi connectivity index (χ0) is 22.4. The van der Waals surface area contributed by atoms with Crippen molar-refractivity contribution < 1.29 is 28.7 Å². The van der Waals surface area contributed by atoms with Gasteiger partial charge in [-0.3, -0.25) is 10.1 Å². The number of nitro groups is 1. The van der Waals surface area contributed by atoms with E-state index in [4.69, 9.17) is 14.2 Å². The number of hydrogen-bond acceptors (Lipinski definition) is 8. The summed E-state index contributed by atoms with van der Waals surface area (Å²) in [6, 6.07) is 14.7. The topological polar surface area (TPSA) is 117 Å². The first-order chi connectivity index (χ1) is 15.0. The predicted molar refractivity (Wildman–Crippen MR) is 110 cm³/mol. The highest BCUT2D eigenvalue weighted by Crippen LogP contribution is 2.34. The van der Waals surface area contributed by atoms with Crippen LogP contribution in [-0.2, 0) is 23.8 Å². The van der Waals surface area contributed by atoms with Crippen molar-refractivity contribution in [1.29, 1.82) is 0 Å². The minimum atomic E-state index is -1.34. The van der Waals surface area contributed by atoms with E-state index < -0.39 is 29.2 Å². The smallest absolute Gasteiger partial charge is 0.340 e. The molecule has 0 spiro atoms. The fraction of sp³-hybridized carbons (Fsp3) is 0.273. The lowest BCUT2D eigenvalue weighted by Gasteiger charge is -2.34. The molecule has 0 aromatic heterocycles. The van der Waals surface area contributed by atoms with Crippen molar-refractivity contribution in [2.45, 2.75) is 26.2 Å². The maximum absolute atomic E-state index is 12.8. The van der Waals surface area contributed by atoms with Gasteiger partial charge in [0.15, 0.2) is 12.3 Å². The second kappa shape index (κ2) is 9.86. The van der Waals surface area contributed by atoms with E-state index in [9.17, 15) is 19.7 Å². The monoisotopic (exact) mass is 426 g/mol. The van der Waals surface area contributed by atoms with Gasteiger partial charge in [-0.1, -0.05) is 30.3 Å². The summed E-state index contributed by atoms with van der Waals surface area (Å²) in [5, 5.41) is 14.1. The molecule has 9 heteroatoms. The summed E-state index contributed by atoms with van der Waals surface area (Å²) in [5.74, 6) is -1.43. The lowest BCUT2D eigenvalue weighted by molar-refractivity contribution is -0.384. The third kappa shape index (κ3) is 4.89. The highest BCUT2D eigenvalue weighted by Gasteiger charge is 2.41. The van der Waals surface area contributed by atoms with Crippen molar-refractivity contribution in [2.24, 2.45) is 0 Å². The Morgan fingerprint density at radius 2 is 1.68 bits per heavy atom. The van der Waals surface area contributed by atoms with Crippen molar-refractivity contribution in [3.05, 3.63) is 81.4 Å². The maximum Gasteiger partial charge on any atom is 0.340 e. The molecule has 2 aromatic carbocycles. The fourth-order valence-corrected chi connectivity index (χ4v) is 3.16. The van der Waals surface area contributed by atoms with Gasteiger partial charge in [-0.25, -0.2) is 9.59 Å². The second-order valence-corrected chi connectivity index (χ2v) is 6.52. The molecule has 0 saturated carbocycles. The molecule has 1 N–H and O–H groups in total. The number of rotatable bonds is 7. The SMILES string of the molecule is CCOC(=O)C1=C(c2ccccc2)N[C@@H](c2ccc([N+](=O)[O-])cc2)O[C@@H]1C(=O)OCC. The normalized spacial score (nSPS) is 18.1. The molecule has 1 aliphatic heterocycles. The molecule has 0 unspecified atom stereocenters. The third-order valence-corrected chi connectivity index (χ3v) is 4.54. The number of nitrogens with one attached hydrogen (secondary N) is 1. The molecule has 2 atom stereocenters. The van der Waals surface area contributed by atoms with Gasteiger partial charge in [-0.05, 0) is 31.5 Å². The van der Waals surface area contributed by atoms with Gasteiger partial charge in [-0.2, -0.15) is 0 Å². The molecule has 0 amide bonds. The van der Waals surface area contributed by atoms with E-state index in [2.05, 4.69) is 5.32 Å². The van der Waals surface area contributed by atoms with Crippen LogP contribution in [0.4, 0.5) is 5.69 Å². The Morgan fingerprint density at radius 1 is 1.03 bits per heavy atom. The van der Waals surface area contributed by atoms with Crippen LogP contribution in [-0.4, -0.2) is 36.2 Å². The molecule has 0 bridgehead atoms. The number of ether oxygens (including phenoxy) is 3. The number of carbonyl (C=O) groups excluding carboxylic acids is 2. The first kappa shape index (κ1) is 22.0. The average Bonchev–Trinajstić information content (AvgIpc) is 2.79. The first-order valence-corrected chi connectivity index (χ1v) is 9.75. The quantitative estimate of drug-likeness (QED) is 0.408. The van der Waals surface area contributed by atoms with Crippen LogP contribution in [0, 0.1) is 10.1 Å². The molecule has 0 radical (unpaired) electrons. The van der Waals surface area contributed by atoms with Gasteiger partial charge in [-0.15, -0.1) is 0 Å². The van der Waals surface area contributed by atoms with Gasteiger partial charge in [0, 0.05) is 17.7 Å². The Kier molecular flexibility index (Phi) is 6.99. The summed E-state index contributed by atoms with van der Waals surface area (Å²) in [5.41, 5.74) is 1.48. The molecular formula is C22H22N2O7. The minimum Gasteiger partial charge on any atom is -0.464 e. The number of nitro benzene ring substituents is 1. The van der Waals surface area contributed by atoms with Gasteiger partial charge < -0.3 is 19.5 Å². The molecule has 0 saturated heterocycles. The molecule has 0 fully saturated rings. The van der Waals surface area contributed by atoms with Crippen molar-refractivity contribution in [3.63, 3.8) is 0 Å². The highest BCUT2D eigenvalue weighted by atomic mass is 16.6. The van der Waals surface area contributed by atoms with E-state index >= 15 is 0 Å². The van der Waals surface area contributed by atoms with Crippen LogP contribution < -0.4 is 5.32 Å². The van der Waals surface area contributed by atoms with Crippen LogP contribution in [0.15, 0.2) is 60.2 Å². The number of hydrogen-bond donors (Lipinski definition) is 1. The van der Waals surface area contributed by atoms with Crippen molar-refractivity contribution >= 4 is 23.3 Å². The second-order valence-electron chi connectivity index (χ2n) is 6.52. The Labute approximate surface area is 178 Å². The van der Waals surface area contributed by atoms with Crippen molar-refractivity contribution in [2.75, 3.05) is 13.2 Å². The number of non-ortho nitro benzene ring substituents is 1. The third-order valence-electron chi connectivity index (χ3n) is 4.54. The zero-order valence-electron chi connectivity index (χ0n) is 17.1. The van der Waals surface area contributed by atoms with Crippen LogP contribution in [0.3, 0.4) is 0 Å². The zero-order valence-corrected chi connectivity index (χ0v) is 17.1. The molecule has 9 nitrogen and oxygen atoms in total. The molecule has 0 aliphatic carbocycles. The molecule has 1 aliphatic rings. The summed E-state index contributed by atoms with van der Waals surface area (Å²) in [6.45, 7) is 3.53. The number of esters is 2. The van der Waals surface area contributed by atoms with Gasteiger partial charge in [0.1, 0.15) is 5.57 Å². The standard InChI is InChI=1S/C22H22N2O7/c1-3-29-21(25)17-18(14-8-6-5-7-9-14)23-20(31-19(17)22(26)30-4-2)15-10-12-16(13-11-15)24(27)28/h5-13,19-20,23H,3-4H2,1-2H3/t19-,20+/m0/s1. The Morgan fingerprint density at radius 3 is 2.26 bits per heavy atom. The van der Waals surface area contributed by atoms with Gasteiger partial charge in [0.25, 0.3) is 5.69 Å². The Balaban J connectivity index is 2.10. The van der Waals surface area contributed by atoms with E-state index in [1.54, 1.807) is 38.1 Å². The van der Waals surface area contributed by atoms with E-state index in [-0.39, 0.29) is 24.5 Å². The highest BCUT2D eigenvalue weighted by molar-refractivity contribution is 6.04. The van der Waals surface area contributed by atoms with E-state index in [0.29, 0.717) is 16.8 Å². The maximum atomic E-state index is 12.8. The van der Waals surface area contributed by atoms with Gasteiger partial charge in [0.2, 0.25) is 0 Å². The van der Waals surface area contributed by atoms with Crippen LogP contribution in [0.25, 0.3) is 5.70 Å². The number of nitrogens with zero attached hydrogens (tertiary/aromatic N) is 1. The van der Waals surface area contributed by atoms with Crippen LogP contribution >= 0.6 is 0 Å². The van der Waals surface area contributed by atoms with Gasteiger partial charge >= 0.3 is 11.9 Å². The summed E-state index contributed by atoms with van der Waals surface area (Å²) in [7, 11) is 0. The summed E-state index contributed by atoms with van der Waals surface area (Å²) in [4.78, 5) is 35.9. The predicted octanol–water partition coefficient (Wildman–Crippen LogP) is 3.12. The van der Waals surface area contributed by atoms with Crippen LogP contribution in [0.2, 0.25) is 0 Å². The lowest BCUT2D eigenvalue weighted by atomic mass is 9.98. The number of carbonyl (C=O) groups is 2. The molecule has 162 valence electrons. The van der Waals surface area contributed by atoms with Crippen molar-refractivity contribution in [3.8, 4) is 0 Å². The van der Waals surface area contributed by atoms with Crippen LogP contribution in [0.5, 0.6) is 0 Å². The summed E-state index contributed by atoms with van der Waals surface area (Å²) < 4.78 is 16.2. The van der Waals surface area contributed by atoms with E-state index in [1.165, 1.54) is 24.3 Å². The first-order valence-electron chi connectivity index (χ1n) is 9.75. The Hall–Kier alpha value is -3.72. The van der Waals surface area contributed by atoms with E-state index in [0.717, 1.165) is 0 Å². The average molecular weight is 426 g/mol. The largest absolute Gasteiger partial charge is 0.464 e. The number of benzene rings is 2. The molecular weight excluding hydrogens is 404 g/mol. The lowest BCUT2D eigenvalue weighted by Crippen LogP contribution is -2.43.